The van der Waals surface area contributed by atoms with Crippen LogP contribution >= 0.6 is 0 Å². The number of carbonyl (C=O) groups excluding carboxylic acids is 3. The number of anilines is 3. The van der Waals surface area contributed by atoms with Gasteiger partial charge in [-0.1, -0.05) is 18.2 Å². The molecule has 3 atom stereocenters. The minimum Gasteiger partial charge on any atom is -0.383 e. The van der Waals surface area contributed by atoms with Crippen LogP contribution in [0, 0.1) is 5.82 Å². The number of amides is 3. The zero-order chi connectivity index (χ0) is 39.8. The molecule has 58 heavy (non-hydrogen) atoms. The number of hydrogen-bond donors (Lipinski definition) is 3. The molecule has 3 amide bonds. The number of pyridine rings is 1. The number of benzene rings is 2. The van der Waals surface area contributed by atoms with Gasteiger partial charge >= 0.3 is 0 Å². The summed E-state index contributed by atoms with van der Waals surface area (Å²) >= 11 is 0. The molecule has 3 N–H and O–H groups in total. The molecule has 2 unspecified atom stereocenters. The molecule has 4 aliphatic rings. The highest BCUT2D eigenvalue weighted by Crippen LogP contribution is 2.36. The van der Waals surface area contributed by atoms with Crippen LogP contribution in [0.5, 0.6) is 0 Å². The van der Waals surface area contributed by atoms with E-state index in [1.165, 1.54) is 6.07 Å². The lowest BCUT2D eigenvalue weighted by atomic mass is 10.0. The average molecular weight is 789 g/mol. The van der Waals surface area contributed by atoms with Crippen molar-refractivity contribution in [2.75, 3.05) is 74.1 Å². The van der Waals surface area contributed by atoms with Gasteiger partial charge in [-0.2, -0.15) is 0 Å². The van der Waals surface area contributed by atoms with Gasteiger partial charge in [0.15, 0.2) is 5.65 Å². The van der Waals surface area contributed by atoms with Gasteiger partial charge in [0, 0.05) is 57.9 Å². The average Bonchev–Trinajstić information content (AvgIpc) is 3.96. The van der Waals surface area contributed by atoms with E-state index in [0.717, 1.165) is 91.2 Å². The van der Waals surface area contributed by atoms with E-state index in [-0.39, 0.29) is 41.7 Å². The van der Waals surface area contributed by atoms with Crippen molar-refractivity contribution in [1.29, 1.82) is 0 Å². The Kier molecular flexibility index (Phi) is 10.4. The Morgan fingerprint density at radius 2 is 1.72 bits per heavy atom. The third-order valence-electron chi connectivity index (χ3n) is 11.5. The summed E-state index contributed by atoms with van der Waals surface area (Å²) < 4.78 is 21.9. The van der Waals surface area contributed by atoms with E-state index < -0.39 is 24.1 Å². The number of piperazine rings is 1. The van der Waals surface area contributed by atoms with Gasteiger partial charge in [-0.3, -0.25) is 24.2 Å². The lowest BCUT2D eigenvalue weighted by molar-refractivity contribution is -0.129. The molecule has 15 nitrogen and oxygen atoms in total. The summed E-state index contributed by atoms with van der Waals surface area (Å²) in [5.41, 5.74) is 4.55. The van der Waals surface area contributed by atoms with E-state index in [0.29, 0.717) is 25.4 Å². The zero-order valence-electron chi connectivity index (χ0n) is 32.0. The summed E-state index contributed by atoms with van der Waals surface area (Å²) in [5, 5.41) is 21.0. The van der Waals surface area contributed by atoms with Crippen molar-refractivity contribution in [3.8, 4) is 11.4 Å². The second-order valence-corrected chi connectivity index (χ2v) is 15.1. The molecule has 0 bridgehead atoms. The van der Waals surface area contributed by atoms with E-state index >= 15 is 0 Å². The number of hydrogen-bond acceptors (Lipinski definition) is 12. The molecule has 300 valence electrons. The Labute approximate surface area is 334 Å². The molecule has 2 aromatic carbocycles. The van der Waals surface area contributed by atoms with Crippen LogP contribution in [0.15, 0.2) is 79.0 Å². The standard InChI is InChI=1S/C42H45FN10O5/c43-28-5-1-4-27(24-28)33-7-3-16-51(33)38-13-12-36-45-26-35(53(36)48-38)32-6-2-8-37(46-32)50-19-17-49(18-20-50)21-23-58-22-15-44-29-9-10-30-31(25-29)42(57)52(41(30)56)34-11-14-39(54)47-40(34)55/h1-2,4-6,8-10,12-13,24-26,33-34,40,44,55H,3,7,11,14-23H2,(H,47,54)/t33-,34?,40?/m1/s1. The Hall–Kier alpha value is -5.97. The summed E-state index contributed by atoms with van der Waals surface area (Å²) in [7, 11) is 0. The minimum atomic E-state index is -1.29. The van der Waals surface area contributed by atoms with Crippen LogP contribution in [0.4, 0.5) is 21.7 Å². The molecule has 0 saturated carbocycles. The summed E-state index contributed by atoms with van der Waals surface area (Å²) in [5.74, 6) is 0.255. The summed E-state index contributed by atoms with van der Waals surface area (Å²) in [6.07, 6.45) is 2.83. The van der Waals surface area contributed by atoms with Crippen LogP contribution in [0.25, 0.3) is 17.0 Å². The largest absolute Gasteiger partial charge is 0.383 e. The molecule has 9 rings (SSSR count). The number of halogens is 1. The maximum atomic E-state index is 14.1. The van der Waals surface area contributed by atoms with E-state index in [1.807, 2.05) is 47.1 Å². The van der Waals surface area contributed by atoms with Crippen LogP contribution in [0.2, 0.25) is 0 Å². The summed E-state index contributed by atoms with van der Waals surface area (Å²) in [6.45, 7) is 6.61. The lowest BCUT2D eigenvalue weighted by Crippen LogP contribution is -2.57. The van der Waals surface area contributed by atoms with Gasteiger partial charge in [0.1, 0.15) is 29.4 Å². The lowest BCUT2D eigenvalue weighted by Gasteiger charge is -2.35. The van der Waals surface area contributed by atoms with Crippen molar-refractivity contribution in [2.45, 2.75) is 44.0 Å². The van der Waals surface area contributed by atoms with Crippen molar-refractivity contribution in [3.05, 3.63) is 102 Å². The third-order valence-corrected chi connectivity index (χ3v) is 11.5. The number of rotatable bonds is 12. The number of imidazole rings is 1. The number of aliphatic hydroxyl groups excluding tert-OH is 1. The van der Waals surface area contributed by atoms with Gasteiger partial charge in [0.2, 0.25) is 5.91 Å². The van der Waals surface area contributed by atoms with Gasteiger partial charge in [0.25, 0.3) is 11.8 Å². The molecule has 0 spiro atoms. The number of fused-ring (bicyclic) bond motifs is 2. The number of piperidine rings is 1. The van der Waals surface area contributed by atoms with Gasteiger partial charge in [-0.05, 0) is 79.4 Å². The molecule has 0 aliphatic carbocycles. The number of aliphatic hydroxyl groups is 1. The molecule has 3 aromatic heterocycles. The Balaban J connectivity index is 0.744. The van der Waals surface area contributed by atoms with Crippen LogP contribution < -0.4 is 20.4 Å². The summed E-state index contributed by atoms with van der Waals surface area (Å²) in [6, 6.07) is 21.1. The number of carbonyl (C=O) groups is 3. The molecule has 16 heteroatoms. The first-order chi connectivity index (χ1) is 28.3. The Morgan fingerprint density at radius 1 is 0.879 bits per heavy atom. The van der Waals surface area contributed by atoms with Gasteiger partial charge in [-0.15, -0.1) is 5.10 Å². The first kappa shape index (κ1) is 37.6. The first-order valence-electron chi connectivity index (χ1n) is 19.9. The second kappa shape index (κ2) is 16.1. The zero-order valence-corrected chi connectivity index (χ0v) is 32.0. The van der Waals surface area contributed by atoms with E-state index in [1.54, 1.807) is 30.3 Å². The number of nitrogens with one attached hydrogen (secondary N) is 2. The molecule has 4 aliphatic heterocycles. The Morgan fingerprint density at radius 3 is 2.57 bits per heavy atom. The molecule has 0 radical (unpaired) electrons. The smallest absolute Gasteiger partial charge is 0.262 e. The molecule has 3 saturated heterocycles. The Bertz CT molecular complexity index is 2350. The highest BCUT2D eigenvalue weighted by Gasteiger charge is 2.44. The maximum Gasteiger partial charge on any atom is 0.262 e. The van der Waals surface area contributed by atoms with Gasteiger partial charge < -0.3 is 30.3 Å². The van der Waals surface area contributed by atoms with Gasteiger partial charge in [-0.25, -0.2) is 18.9 Å². The van der Waals surface area contributed by atoms with Crippen LogP contribution in [0.3, 0.4) is 0 Å². The van der Waals surface area contributed by atoms with Crippen LogP contribution in [-0.2, 0) is 9.53 Å². The summed E-state index contributed by atoms with van der Waals surface area (Å²) in [4.78, 5) is 55.4. The van der Waals surface area contributed by atoms with Crippen LogP contribution in [-0.4, -0.2) is 124 Å². The molecule has 5 aromatic rings. The highest BCUT2D eigenvalue weighted by atomic mass is 19.1. The van der Waals surface area contributed by atoms with Crippen LogP contribution in [0.1, 0.15) is 58.0 Å². The molecule has 3 fully saturated rings. The molecule has 7 heterocycles. The number of imide groups is 1. The van der Waals surface area contributed by atoms with Crippen molar-refractivity contribution >= 4 is 40.7 Å². The number of aromatic nitrogens is 4. The third kappa shape index (κ3) is 7.45. The van der Waals surface area contributed by atoms with E-state index in [9.17, 15) is 23.9 Å². The second-order valence-electron chi connectivity index (χ2n) is 15.1. The van der Waals surface area contributed by atoms with E-state index in [2.05, 4.69) is 30.3 Å². The van der Waals surface area contributed by atoms with Crippen molar-refractivity contribution in [1.82, 2.24) is 34.7 Å². The predicted octanol–water partition coefficient (Wildman–Crippen LogP) is 3.72. The first-order valence-corrected chi connectivity index (χ1v) is 19.9. The predicted molar refractivity (Wildman–Crippen MR) is 214 cm³/mol. The van der Waals surface area contributed by atoms with Crippen molar-refractivity contribution < 1.29 is 28.6 Å². The quantitative estimate of drug-likeness (QED) is 0.124. The SMILES string of the molecule is O=C1CCC(N2C(=O)c3ccc(NCCOCCN4CCN(c5cccc(-c6cnc7ccc(N8CCC[C@@H]8c8cccc(F)c8)nn67)n5)CC4)cc3C2=O)C(O)N1. The fraction of sp³-hybridized carbons (Fsp3) is 0.381. The van der Waals surface area contributed by atoms with Crippen molar-refractivity contribution in [3.63, 3.8) is 0 Å². The molecular weight excluding hydrogens is 744 g/mol. The normalized spacial score (nSPS) is 21.2. The maximum absolute atomic E-state index is 14.1. The highest BCUT2D eigenvalue weighted by molar-refractivity contribution is 6.22. The number of ether oxygens (including phenoxy) is 1. The minimum absolute atomic E-state index is 0.0625. The fourth-order valence-corrected chi connectivity index (χ4v) is 8.51. The van der Waals surface area contributed by atoms with Gasteiger partial charge in [0.05, 0.1) is 48.3 Å². The molecular formula is C42H45FN10O5. The fourth-order valence-electron chi connectivity index (χ4n) is 8.51. The topological polar surface area (TPSA) is 161 Å². The van der Waals surface area contributed by atoms with Crippen molar-refractivity contribution in [2.24, 2.45) is 0 Å². The monoisotopic (exact) mass is 788 g/mol. The van der Waals surface area contributed by atoms with E-state index in [4.69, 9.17) is 14.8 Å². The number of nitrogens with zero attached hydrogens (tertiary/aromatic N) is 8.